The van der Waals surface area contributed by atoms with Crippen molar-refractivity contribution in [3.8, 4) is 11.4 Å². The zero-order valence-corrected chi connectivity index (χ0v) is 12.0. The van der Waals surface area contributed by atoms with Gasteiger partial charge in [-0.15, -0.1) is 0 Å². The van der Waals surface area contributed by atoms with Crippen LogP contribution < -0.4 is 10.1 Å². The van der Waals surface area contributed by atoms with Crippen molar-refractivity contribution in [1.82, 2.24) is 14.9 Å². The lowest BCUT2D eigenvalue weighted by Gasteiger charge is -2.25. The summed E-state index contributed by atoms with van der Waals surface area (Å²) in [5.41, 5.74) is 2.08. The summed E-state index contributed by atoms with van der Waals surface area (Å²) in [5, 5.41) is 3.30. The highest BCUT2D eigenvalue weighted by Crippen LogP contribution is 2.23. The second-order valence-corrected chi connectivity index (χ2v) is 4.95. The van der Waals surface area contributed by atoms with Gasteiger partial charge in [-0.2, -0.15) is 0 Å². The molecule has 0 saturated carbocycles. The van der Waals surface area contributed by atoms with Gasteiger partial charge >= 0.3 is 0 Å². The lowest BCUT2D eigenvalue weighted by atomic mass is 10.0. The molecule has 0 saturated heterocycles. The van der Waals surface area contributed by atoms with Gasteiger partial charge in [0.1, 0.15) is 5.75 Å². The van der Waals surface area contributed by atoms with Crippen LogP contribution >= 0.6 is 0 Å². The average molecular weight is 259 g/mol. The van der Waals surface area contributed by atoms with Crippen molar-refractivity contribution in [2.24, 2.45) is 0 Å². The number of hydrogen-bond donors (Lipinski definition) is 1. The third-order valence-electron chi connectivity index (χ3n) is 3.33. The largest absolute Gasteiger partial charge is 0.494 e. The predicted octanol–water partition coefficient (Wildman–Crippen LogP) is 2.73. The van der Waals surface area contributed by atoms with Gasteiger partial charge in [0.15, 0.2) is 0 Å². The standard InChI is InChI=1S/C15H21N3O/c1-5-19-13-8-6-12(7-9-13)18-11-17-10-14(18)15(2,3)16-4/h6-11,16H,5H2,1-4H3. The lowest BCUT2D eigenvalue weighted by molar-refractivity contribution is 0.340. The Morgan fingerprint density at radius 3 is 2.53 bits per heavy atom. The quantitative estimate of drug-likeness (QED) is 0.897. The number of hydrogen-bond acceptors (Lipinski definition) is 3. The molecule has 1 heterocycles. The van der Waals surface area contributed by atoms with Crippen molar-refractivity contribution < 1.29 is 4.74 Å². The molecule has 1 N–H and O–H groups in total. The Labute approximate surface area is 114 Å². The van der Waals surface area contributed by atoms with E-state index in [9.17, 15) is 0 Å². The first-order chi connectivity index (χ1) is 9.08. The number of ether oxygens (including phenoxy) is 1. The third kappa shape index (κ3) is 2.79. The van der Waals surface area contributed by atoms with Gasteiger partial charge in [0.05, 0.1) is 30.4 Å². The zero-order valence-electron chi connectivity index (χ0n) is 12.0. The van der Waals surface area contributed by atoms with Crippen LogP contribution in [0.4, 0.5) is 0 Å². The molecule has 0 bridgehead atoms. The van der Waals surface area contributed by atoms with Gasteiger partial charge in [0, 0.05) is 5.69 Å². The van der Waals surface area contributed by atoms with Crippen LogP contribution in [-0.2, 0) is 5.54 Å². The van der Waals surface area contributed by atoms with Crippen LogP contribution in [0.25, 0.3) is 5.69 Å². The van der Waals surface area contributed by atoms with Crippen LogP contribution in [-0.4, -0.2) is 23.2 Å². The van der Waals surface area contributed by atoms with Crippen molar-refractivity contribution >= 4 is 0 Å². The Morgan fingerprint density at radius 2 is 1.95 bits per heavy atom. The number of aromatic nitrogens is 2. The number of nitrogens with zero attached hydrogens (tertiary/aromatic N) is 2. The normalized spacial score (nSPS) is 11.6. The molecule has 0 atom stereocenters. The summed E-state index contributed by atoms with van der Waals surface area (Å²) in [4.78, 5) is 4.26. The number of benzene rings is 1. The fraction of sp³-hybridized carbons (Fsp3) is 0.400. The Hall–Kier alpha value is -1.81. The zero-order chi connectivity index (χ0) is 13.9. The van der Waals surface area contributed by atoms with Crippen molar-refractivity contribution in [2.75, 3.05) is 13.7 Å². The molecule has 1 aromatic heterocycles. The molecule has 0 amide bonds. The highest BCUT2D eigenvalue weighted by Gasteiger charge is 2.22. The van der Waals surface area contributed by atoms with E-state index in [1.165, 1.54) is 0 Å². The molecule has 0 aliphatic carbocycles. The molecule has 0 spiro atoms. The van der Waals surface area contributed by atoms with Crippen LogP contribution in [0.5, 0.6) is 5.75 Å². The molecular weight excluding hydrogens is 238 g/mol. The summed E-state index contributed by atoms with van der Waals surface area (Å²) >= 11 is 0. The van der Waals surface area contributed by atoms with Gasteiger partial charge < -0.3 is 14.6 Å². The van der Waals surface area contributed by atoms with Crippen molar-refractivity contribution in [2.45, 2.75) is 26.3 Å². The highest BCUT2D eigenvalue weighted by atomic mass is 16.5. The molecule has 4 nitrogen and oxygen atoms in total. The Morgan fingerprint density at radius 1 is 1.26 bits per heavy atom. The molecule has 4 heteroatoms. The van der Waals surface area contributed by atoms with E-state index >= 15 is 0 Å². The minimum absolute atomic E-state index is 0.130. The van der Waals surface area contributed by atoms with Crippen molar-refractivity contribution in [3.63, 3.8) is 0 Å². The maximum absolute atomic E-state index is 5.46. The second kappa shape index (κ2) is 5.45. The molecule has 19 heavy (non-hydrogen) atoms. The number of nitrogens with one attached hydrogen (secondary N) is 1. The first-order valence-electron chi connectivity index (χ1n) is 6.53. The third-order valence-corrected chi connectivity index (χ3v) is 3.33. The van der Waals surface area contributed by atoms with E-state index in [1.54, 1.807) is 0 Å². The van der Waals surface area contributed by atoms with Gasteiger partial charge in [-0.25, -0.2) is 4.98 Å². The molecule has 0 fully saturated rings. The second-order valence-electron chi connectivity index (χ2n) is 4.95. The van der Waals surface area contributed by atoms with E-state index in [0.717, 1.165) is 17.1 Å². The van der Waals surface area contributed by atoms with Crippen LogP contribution in [0.15, 0.2) is 36.8 Å². The Kier molecular flexibility index (Phi) is 3.90. The summed E-state index contributed by atoms with van der Waals surface area (Å²) in [6.07, 6.45) is 3.73. The van der Waals surface area contributed by atoms with Gasteiger partial charge in [-0.1, -0.05) is 0 Å². The van der Waals surface area contributed by atoms with E-state index in [2.05, 4.69) is 28.7 Å². The minimum Gasteiger partial charge on any atom is -0.494 e. The molecular formula is C15H21N3O. The molecule has 0 unspecified atom stereocenters. The van der Waals surface area contributed by atoms with Crippen LogP contribution in [0, 0.1) is 0 Å². The lowest BCUT2D eigenvalue weighted by Crippen LogP contribution is -2.35. The van der Waals surface area contributed by atoms with Gasteiger partial charge in [-0.3, -0.25) is 0 Å². The number of rotatable bonds is 5. The fourth-order valence-electron chi connectivity index (χ4n) is 1.96. The molecule has 2 rings (SSSR count). The summed E-state index contributed by atoms with van der Waals surface area (Å²) in [5.74, 6) is 0.890. The van der Waals surface area contributed by atoms with Gasteiger partial charge in [0.25, 0.3) is 0 Å². The van der Waals surface area contributed by atoms with Gasteiger partial charge in [0.2, 0.25) is 0 Å². The van der Waals surface area contributed by atoms with Crippen LogP contribution in [0.3, 0.4) is 0 Å². The molecule has 0 aliphatic heterocycles. The summed E-state index contributed by atoms with van der Waals surface area (Å²) in [6.45, 7) is 6.93. The summed E-state index contributed by atoms with van der Waals surface area (Å²) < 4.78 is 7.55. The maximum Gasteiger partial charge on any atom is 0.119 e. The first-order valence-corrected chi connectivity index (χ1v) is 6.53. The van der Waals surface area contributed by atoms with E-state index in [0.29, 0.717) is 6.61 Å². The van der Waals surface area contributed by atoms with E-state index in [1.807, 2.05) is 50.8 Å². The molecule has 2 aromatic rings. The summed E-state index contributed by atoms with van der Waals surface area (Å²) in [7, 11) is 1.95. The van der Waals surface area contributed by atoms with E-state index < -0.39 is 0 Å². The predicted molar refractivity (Wildman–Crippen MR) is 76.8 cm³/mol. The topological polar surface area (TPSA) is 39.1 Å². The Bertz CT molecular complexity index is 529. The molecule has 0 aliphatic rings. The maximum atomic E-state index is 5.46. The van der Waals surface area contributed by atoms with E-state index in [4.69, 9.17) is 4.74 Å². The van der Waals surface area contributed by atoms with Crippen molar-refractivity contribution in [1.29, 1.82) is 0 Å². The molecule has 1 aromatic carbocycles. The average Bonchev–Trinajstić information content (AvgIpc) is 2.90. The van der Waals surface area contributed by atoms with Crippen LogP contribution in [0.1, 0.15) is 26.5 Å². The smallest absolute Gasteiger partial charge is 0.119 e. The fourth-order valence-corrected chi connectivity index (χ4v) is 1.96. The molecule has 0 radical (unpaired) electrons. The summed E-state index contributed by atoms with van der Waals surface area (Å²) in [6, 6.07) is 8.05. The Balaban J connectivity index is 2.35. The van der Waals surface area contributed by atoms with Crippen molar-refractivity contribution in [3.05, 3.63) is 42.5 Å². The van der Waals surface area contributed by atoms with Gasteiger partial charge in [-0.05, 0) is 52.1 Å². The van der Waals surface area contributed by atoms with Crippen LogP contribution in [0.2, 0.25) is 0 Å². The monoisotopic (exact) mass is 259 g/mol. The highest BCUT2D eigenvalue weighted by molar-refractivity contribution is 5.39. The number of imidazole rings is 1. The minimum atomic E-state index is -0.130. The molecule has 102 valence electrons. The van der Waals surface area contributed by atoms with E-state index in [-0.39, 0.29) is 5.54 Å². The SMILES string of the molecule is CCOc1ccc(-n2cncc2C(C)(C)NC)cc1. The first kappa shape index (κ1) is 13.6.